The molecule has 0 atom stereocenters. The predicted octanol–water partition coefficient (Wildman–Crippen LogP) is 1.86. The van der Waals surface area contributed by atoms with Crippen LogP contribution in [-0.2, 0) is 6.54 Å². The van der Waals surface area contributed by atoms with E-state index in [-0.39, 0.29) is 6.03 Å². The molecule has 0 spiro atoms. The Labute approximate surface area is 151 Å². The summed E-state index contributed by atoms with van der Waals surface area (Å²) in [5, 5.41) is 2.96. The van der Waals surface area contributed by atoms with Crippen molar-refractivity contribution in [1.29, 1.82) is 0 Å². The zero-order chi connectivity index (χ0) is 18.2. The van der Waals surface area contributed by atoms with E-state index in [1.807, 2.05) is 31.3 Å². The van der Waals surface area contributed by atoms with Crippen molar-refractivity contribution >= 4 is 6.03 Å². The maximum absolute atomic E-state index is 12.3. The summed E-state index contributed by atoms with van der Waals surface area (Å²) < 4.78 is 5.32. The second-order valence-corrected chi connectivity index (χ2v) is 6.91. The lowest BCUT2D eigenvalue weighted by Gasteiger charge is -2.35. The van der Waals surface area contributed by atoms with Gasteiger partial charge in [0.05, 0.1) is 7.11 Å². The number of para-hydroxylation sites is 1. The molecule has 0 aromatic heterocycles. The zero-order valence-corrected chi connectivity index (χ0v) is 16.0. The van der Waals surface area contributed by atoms with Gasteiger partial charge < -0.3 is 24.8 Å². The Balaban J connectivity index is 1.72. The Morgan fingerprint density at radius 3 is 2.60 bits per heavy atom. The summed E-state index contributed by atoms with van der Waals surface area (Å²) in [6.45, 7) is 4.40. The number of amides is 2. The standard InChI is InChI=1S/C19H32N4O2/c1-21-11-9-17(10-12-21)22(2)13-14-23(3)19(24)20-15-16-7-5-6-8-18(16)25-4/h5-8,17H,9-15H2,1-4H3,(H,20,24). The number of rotatable bonds is 7. The van der Waals surface area contributed by atoms with Gasteiger partial charge >= 0.3 is 6.03 Å². The monoisotopic (exact) mass is 348 g/mol. The van der Waals surface area contributed by atoms with Crippen molar-refractivity contribution in [3.8, 4) is 5.75 Å². The molecule has 0 bridgehead atoms. The number of benzene rings is 1. The number of nitrogens with one attached hydrogen (secondary N) is 1. The third-order valence-electron chi connectivity index (χ3n) is 5.07. The second kappa shape index (κ2) is 9.63. The highest BCUT2D eigenvalue weighted by molar-refractivity contribution is 5.73. The maximum Gasteiger partial charge on any atom is 0.317 e. The van der Waals surface area contributed by atoms with E-state index >= 15 is 0 Å². The summed E-state index contributed by atoms with van der Waals surface area (Å²) in [6.07, 6.45) is 2.41. The van der Waals surface area contributed by atoms with Crippen LogP contribution in [0.4, 0.5) is 4.79 Å². The summed E-state index contributed by atoms with van der Waals surface area (Å²) in [5.74, 6) is 0.799. The lowest BCUT2D eigenvalue weighted by atomic mass is 10.0. The predicted molar refractivity (Wildman–Crippen MR) is 101 cm³/mol. The first kappa shape index (κ1) is 19.5. The van der Waals surface area contributed by atoms with Crippen LogP contribution < -0.4 is 10.1 Å². The lowest BCUT2D eigenvalue weighted by Crippen LogP contribution is -2.46. The molecule has 1 heterocycles. The van der Waals surface area contributed by atoms with Gasteiger partial charge in [0.2, 0.25) is 0 Å². The fourth-order valence-corrected chi connectivity index (χ4v) is 3.18. The van der Waals surface area contributed by atoms with Crippen molar-refractivity contribution in [2.45, 2.75) is 25.4 Å². The van der Waals surface area contributed by atoms with Crippen LogP contribution in [0.25, 0.3) is 0 Å². The molecule has 2 amide bonds. The minimum Gasteiger partial charge on any atom is -0.496 e. The van der Waals surface area contributed by atoms with E-state index in [0.717, 1.165) is 37.5 Å². The molecule has 6 heteroatoms. The highest BCUT2D eigenvalue weighted by Gasteiger charge is 2.21. The molecule has 1 aromatic carbocycles. The van der Waals surface area contributed by atoms with Crippen LogP contribution in [0.5, 0.6) is 5.75 Å². The molecule has 140 valence electrons. The summed E-state index contributed by atoms with van der Waals surface area (Å²) in [5.41, 5.74) is 0.982. The third-order valence-corrected chi connectivity index (χ3v) is 5.07. The van der Waals surface area contributed by atoms with Gasteiger partial charge in [0, 0.05) is 38.3 Å². The smallest absolute Gasteiger partial charge is 0.317 e. The van der Waals surface area contributed by atoms with E-state index in [4.69, 9.17) is 4.74 Å². The van der Waals surface area contributed by atoms with Crippen LogP contribution >= 0.6 is 0 Å². The van der Waals surface area contributed by atoms with Gasteiger partial charge in [-0.3, -0.25) is 0 Å². The van der Waals surface area contributed by atoms with Crippen molar-refractivity contribution in [2.75, 3.05) is 54.4 Å². The summed E-state index contributed by atoms with van der Waals surface area (Å²) >= 11 is 0. The molecule has 0 radical (unpaired) electrons. The molecule has 6 nitrogen and oxygen atoms in total. The molecule has 1 aliphatic heterocycles. The third kappa shape index (κ3) is 5.90. The molecule has 25 heavy (non-hydrogen) atoms. The molecule has 1 saturated heterocycles. The highest BCUT2D eigenvalue weighted by Crippen LogP contribution is 2.17. The normalized spacial score (nSPS) is 16.0. The quantitative estimate of drug-likeness (QED) is 0.817. The summed E-state index contributed by atoms with van der Waals surface area (Å²) in [4.78, 5) is 18.8. The van der Waals surface area contributed by atoms with E-state index in [9.17, 15) is 4.79 Å². The number of carbonyl (C=O) groups is 1. The van der Waals surface area contributed by atoms with Crippen LogP contribution in [0.15, 0.2) is 24.3 Å². The molecule has 1 aliphatic rings. The molecular weight excluding hydrogens is 316 g/mol. The van der Waals surface area contributed by atoms with Crippen molar-refractivity contribution < 1.29 is 9.53 Å². The molecule has 1 N–H and O–H groups in total. The first-order valence-electron chi connectivity index (χ1n) is 9.01. The van der Waals surface area contributed by atoms with Crippen molar-refractivity contribution in [1.82, 2.24) is 20.0 Å². The molecule has 0 unspecified atom stereocenters. The zero-order valence-electron chi connectivity index (χ0n) is 16.0. The highest BCUT2D eigenvalue weighted by atomic mass is 16.5. The van der Waals surface area contributed by atoms with E-state index in [0.29, 0.717) is 12.6 Å². The van der Waals surface area contributed by atoms with Crippen molar-refractivity contribution in [3.05, 3.63) is 29.8 Å². The lowest BCUT2D eigenvalue weighted by molar-refractivity contribution is 0.135. The molecule has 0 saturated carbocycles. The average molecular weight is 348 g/mol. The Hall–Kier alpha value is -1.79. The molecule has 1 aromatic rings. The van der Waals surface area contributed by atoms with Crippen LogP contribution in [0, 0.1) is 0 Å². The summed E-state index contributed by atoms with van der Waals surface area (Å²) in [6, 6.07) is 8.32. The van der Waals surface area contributed by atoms with Crippen LogP contribution in [0.2, 0.25) is 0 Å². The molecular formula is C19H32N4O2. The Morgan fingerprint density at radius 2 is 1.92 bits per heavy atom. The van der Waals surface area contributed by atoms with E-state index in [1.54, 1.807) is 12.0 Å². The number of urea groups is 1. The van der Waals surface area contributed by atoms with Crippen molar-refractivity contribution in [3.63, 3.8) is 0 Å². The van der Waals surface area contributed by atoms with Gasteiger partial charge in [-0.2, -0.15) is 0 Å². The number of carbonyl (C=O) groups excluding carboxylic acids is 1. The average Bonchev–Trinajstić information content (AvgIpc) is 2.64. The van der Waals surface area contributed by atoms with E-state index in [2.05, 4.69) is 29.2 Å². The molecule has 0 aliphatic carbocycles. The Bertz CT molecular complexity index is 544. The number of piperidine rings is 1. The van der Waals surface area contributed by atoms with Crippen molar-refractivity contribution in [2.24, 2.45) is 0 Å². The Kier molecular flexibility index (Phi) is 7.52. The fraction of sp³-hybridized carbons (Fsp3) is 0.632. The van der Waals surface area contributed by atoms with Gasteiger partial charge in [-0.15, -0.1) is 0 Å². The second-order valence-electron chi connectivity index (χ2n) is 6.91. The van der Waals surface area contributed by atoms with Gasteiger partial charge in [0.1, 0.15) is 5.75 Å². The Morgan fingerprint density at radius 1 is 1.24 bits per heavy atom. The first-order valence-corrected chi connectivity index (χ1v) is 9.01. The number of likely N-dealkylation sites (N-methyl/N-ethyl adjacent to an activating group) is 2. The number of likely N-dealkylation sites (tertiary alicyclic amines) is 1. The maximum atomic E-state index is 12.3. The minimum atomic E-state index is -0.0531. The van der Waals surface area contributed by atoms with E-state index in [1.165, 1.54) is 12.8 Å². The SMILES string of the molecule is COc1ccccc1CNC(=O)N(C)CCN(C)C1CCN(C)CC1. The van der Waals surface area contributed by atoms with Crippen LogP contribution in [0.1, 0.15) is 18.4 Å². The first-order chi connectivity index (χ1) is 12.0. The summed E-state index contributed by atoms with van der Waals surface area (Å²) in [7, 11) is 7.83. The number of hydrogen-bond donors (Lipinski definition) is 1. The van der Waals surface area contributed by atoms with Gasteiger partial charge in [-0.25, -0.2) is 4.79 Å². The van der Waals surface area contributed by atoms with E-state index < -0.39 is 0 Å². The van der Waals surface area contributed by atoms with Gasteiger partial charge in [0.15, 0.2) is 0 Å². The number of nitrogens with zero attached hydrogens (tertiary/aromatic N) is 3. The van der Waals surface area contributed by atoms with Gasteiger partial charge in [-0.05, 0) is 46.1 Å². The largest absolute Gasteiger partial charge is 0.496 e. The molecule has 2 rings (SSSR count). The number of hydrogen-bond acceptors (Lipinski definition) is 4. The number of methoxy groups -OCH3 is 1. The number of ether oxygens (including phenoxy) is 1. The van der Waals surface area contributed by atoms with Gasteiger partial charge in [0.25, 0.3) is 0 Å². The van der Waals surface area contributed by atoms with Crippen LogP contribution in [-0.4, -0.2) is 81.2 Å². The van der Waals surface area contributed by atoms with Gasteiger partial charge in [-0.1, -0.05) is 18.2 Å². The van der Waals surface area contributed by atoms with Crippen LogP contribution in [0.3, 0.4) is 0 Å². The minimum absolute atomic E-state index is 0.0531. The molecule has 1 fully saturated rings. The topological polar surface area (TPSA) is 48.1 Å². The fourth-order valence-electron chi connectivity index (χ4n) is 3.18.